The molecule has 7 N–H and O–H groups in total. The molecule has 0 saturated carbocycles. The molecule has 2 heterocycles. The lowest BCUT2D eigenvalue weighted by atomic mass is 9.98. The summed E-state index contributed by atoms with van der Waals surface area (Å²) in [6.45, 7) is 2.61. The Hall–Kier alpha value is -1.50. The fourth-order valence-electron chi connectivity index (χ4n) is 8.16. The highest BCUT2D eigenvalue weighted by Crippen LogP contribution is 2.26. The van der Waals surface area contributed by atoms with Gasteiger partial charge in [0.1, 0.15) is 55.4 Å². The van der Waals surface area contributed by atoms with E-state index in [4.69, 9.17) is 28.4 Å². The van der Waals surface area contributed by atoms with Crippen LogP contribution in [0.1, 0.15) is 200 Å². The zero-order valence-corrected chi connectivity index (χ0v) is 39.1. The van der Waals surface area contributed by atoms with Crippen molar-refractivity contribution in [3.8, 4) is 0 Å². The summed E-state index contributed by atoms with van der Waals surface area (Å²) in [7, 11) is 0. The van der Waals surface area contributed by atoms with Crippen LogP contribution in [-0.2, 0) is 38.0 Å². The van der Waals surface area contributed by atoms with Crippen LogP contribution in [0.2, 0.25) is 0 Å². The Morgan fingerprint density at radius 2 is 0.810 bits per heavy atom. The first kappa shape index (κ1) is 57.6. The van der Waals surface area contributed by atoms with E-state index in [1.54, 1.807) is 0 Å². The van der Waals surface area contributed by atoms with Gasteiger partial charge in [-0.15, -0.1) is 0 Å². The number of unbranched alkanes of at least 4 members (excludes halogenated alkanes) is 25. The normalized spacial score (nSPS) is 26.7. The third kappa shape index (κ3) is 25.3. The van der Waals surface area contributed by atoms with Gasteiger partial charge >= 0.3 is 11.9 Å². The third-order valence-corrected chi connectivity index (χ3v) is 12.3. The minimum atomic E-state index is -1.76. The molecule has 4 unspecified atom stereocenters. The van der Waals surface area contributed by atoms with Crippen molar-refractivity contribution in [3.63, 3.8) is 0 Å². The lowest BCUT2D eigenvalue weighted by Crippen LogP contribution is -2.61. The summed E-state index contributed by atoms with van der Waals surface area (Å²) in [6.07, 6.45) is 15.6. The van der Waals surface area contributed by atoms with Crippen molar-refractivity contribution in [3.05, 3.63) is 0 Å². The van der Waals surface area contributed by atoms with Crippen molar-refractivity contribution < 1.29 is 73.8 Å². The molecule has 2 aliphatic rings. The van der Waals surface area contributed by atoms with Gasteiger partial charge in [-0.25, -0.2) is 0 Å². The molecular formula is C48H90O15. The van der Waals surface area contributed by atoms with Crippen molar-refractivity contribution >= 4 is 11.9 Å². The van der Waals surface area contributed by atoms with Crippen LogP contribution in [0.5, 0.6) is 0 Å². The van der Waals surface area contributed by atoms with E-state index in [0.717, 1.165) is 38.5 Å². The summed E-state index contributed by atoms with van der Waals surface area (Å²) >= 11 is 0. The molecule has 2 fully saturated rings. The second kappa shape index (κ2) is 36.6. The van der Waals surface area contributed by atoms with Gasteiger partial charge in [0.15, 0.2) is 18.7 Å². The van der Waals surface area contributed by atoms with Gasteiger partial charge in [-0.3, -0.25) is 9.59 Å². The van der Waals surface area contributed by atoms with Crippen molar-refractivity contribution in [2.45, 2.75) is 268 Å². The quantitative estimate of drug-likeness (QED) is 0.0260. The van der Waals surface area contributed by atoms with Crippen LogP contribution in [0.3, 0.4) is 0 Å². The molecule has 2 saturated heterocycles. The molecule has 11 atom stereocenters. The number of aliphatic hydroxyl groups excluding tert-OH is 7. The van der Waals surface area contributed by atoms with Gasteiger partial charge in [0, 0.05) is 12.8 Å². The SMILES string of the molecule is CCCCCCCCCCCCCCCCC(=O)O[C@H](COC(=O)CCCCCCCCCCCCCCC)CO[C@@H]1O[C@H](CO[C@@H]2O[C@H](CO)[C@H](O)C(O)C2O)[C@H](O)C(O)C1O. The number of hydrogen-bond acceptors (Lipinski definition) is 15. The number of aliphatic hydroxyl groups is 7. The monoisotopic (exact) mass is 907 g/mol. The highest BCUT2D eigenvalue weighted by Gasteiger charge is 2.47. The predicted octanol–water partition coefficient (Wildman–Crippen LogP) is 6.43. The van der Waals surface area contributed by atoms with Gasteiger partial charge < -0.3 is 64.2 Å². The third-order valence-electron chi connectivity index (χ3n) is 12.3. The van der Waals surface area contributed by atoms with Crippen LogP contribution in [0.15, 0.2) is 0 Å². The van der Waals surface area contributed by atoms with Gasteiger partial charge in [-0.1, -0.05) is 174 Å². The Bertz CT molecular complexity index is 1110. The summed E-state index contributed by atoms with van der Waals surface area (Å²) in [6, 6.07) is 0. The fraction of sp³-hybridized carbons (Fsp3) is 0.958. The highest BCUT2D eigenvalue weighted by atomic mass is 16.7. The van der Waals surface area contributed by atoms with E-state index in [2.05, 4.69) is 13.8 Å². The van der Waals surface area contributed by atoms with Crippen LogP contribution in [-0.4, -0.2) is 142 Å². The van der Waals surface area contributed by atoms with Gasteiger partial charge in [0.05, 0.1) is 19.8 Å². The summed E-state index contributed by atoms with van der Waals surface area (Å²) in [5.41, 5.74) is 0. The Labute approximate surface area is 378 Å². The number of rotatable bonds is 39. The number of carbonyl (C=O) groups excluding carboxylic acids is 2. The van der Waals surface area contributed by atoms with Crippen LogP contribution in [0, 0.1) is 0 Å². The minimum Gasteiger partial charge on any atom is -0.462 e. The van der Waals surface area contributed by atoms with Crippen molar-refractivity contribution in [2.24, 2.45) is 0 Å². The second-order valence-electron chi connectivity index (χ2n) is 18.0. The first-order valence-corrected chi connectivity index (χ1v) is 25.1. The zero-order valence-electron chi connectivity index (χ0n) is 39.1. The van der Waals surface area contributed by atoms with E-state index in [1.807, 2.05) is 0 Å². The molecule has 0 amide bonds. The Morgan fingerprint density at radius 1 is 0.444 bits per heavy atom. The lowest BCUT2D eigenvalue weighted by molar-refractivity contribution is -0.332. The molecule has 2 rings (SSSR count). The van der Waals surface area contributed by atoms with Gasteiger partial charge in [0.25, 0.3) is 0 Å². The molecule has 63 heavy (non-hydrogen) atoms. The second-order valence-corrected chi connectivity index (χ2v) is 18.0. The Kier molecular flexibility index (Phi) is 33.5. The zero-order chi connectivity index (χ0) is 46.1. The molecule has 0 aromatic carbocycles. The standard InChI is InChI=1S/C48H90O15/c1-3-5-7-9-11-13-15-17-19-21-23-25-27-29-31-40(51)61-36(33-58-39(50)30-28-26-24-22-20-18-16-14-12-10-8-6-4-2)34-59-47-46(57)44(55)42(53)38(63-47)35-60-48-45(56)43(54)41(52)37(32-49)62-48/h36-38,41-49,52-57H,3-35H2,1-2H3/t36-,37-,38-,41+,42+,43?,44?,45?,46?,47-,48-/m1/s1. The van der Waals surface area contributed by atoms with Crippen LogP contribution in [0.4, 0.5) is 0 Å². The summed E-state index contributed by atoms with van der Waals surface area (Å²) in [4.78, 5) is 25.7. The molecule has 0 spiro atoms. The Balaban J connectivity index is 1.82. The first-order chi connectivity index (χ1) is 30.5. The molecule has 0 aromatic heterocycles. The number of ether oxygens (including phenoxy) is 6. The van der Waals surface area contributed by atoms with E-state index in [9.17, 15) is 45.3 Å². The van der Waals surface area contributed by atoms with Crippen LogP contribution < -0.4 is 0 Å². The van der Waals surface area contributed by atoms with Gasteiger partial charge in [-0.05, 0) is 12.8 Å². The van der Waals surface area contributed by atoms with Crippen molar-refractivity contribution in [1.82, 2.24) is 0 Å². The summed E-state index contributed by atoms with van der Waals surface area (Å²) < 4.78 is 33.5. The first-order valence-electron chi connectivity index (χ1n) is 25.1. The molecule has 2 aliphatic heterocycles. The largest absolute Gasteiger partial charge is 0.462 e. The molecular weight excluding hydrogens is 817 g/mol. The van der Waals surface area contributed by atoms with Crippen LogP contribution in [0.25, 0.3) is 0 Å². The fourth-order valence-corrected chi connectivity index (χ4v) is 8.16. The summed E-state index contributed by atoms with van der Waals surface area (Å²) in [5, 5.41) is 72.0. The van der Waals surface area contributed by atoms with E-state index in [1.165, 1.54) is 122 Å². The lowest BCUT2D eigenvalue weighted by Gasteiger charge is -2.42. The van der Waals surface area contributed by atoms with Crippen molar-refractivity contribution in [1.29, 1.82) is 0 Å². The van der Waals surface area contributed by atoms with Crippen molar-refractivity contribution in [2.75, 3.05) is 26.4 Å². The topological polar surface area (TPSA) is 231 Å². The molecule has 0 bridgehead atoms. The molecule has 15 heteroatoms. The maximum absolute atomic E-state index is 13.0. The van der Waals surface area contributed by atoms with E-state index < -0.39 is 92.7 Å². The molecule has 0 aromatic rings. The van der Waals surface area contributed by atoms with E-state index in [-0.39, 0.29) is 26.1 Å². The van der Waals surface area contributed by atoms with Gasteiger partial charge in [0.2, 0.25) is 0 Å². The number of esters is 2. The highest BCUT2D eigenvalue weighted by molar-refractivity contribution is 5.70. The van der Waals surface area contributed by atoms with Crippen LogP contribution >= 0.6 is 0 Å². The molecule has 0 aliphatic carbocycles. The number of hydrogen-bond donors (Lipinski definition) is 7. The maximum Gasteiger partial charge on any atom is 0.306 e. The molecule has 15 nitrogen and oxygen atoms in total. The Morgan fingerprint density at radius 3 is 1.24 bits per heavy atom. The average Bonchev–Trinajstić information content (AvgIpc) is 3.28. The predicted molar refractivity (Wildman–Crippen MR) is 238 cm³/mol. The van der Waals surface area contributed by atoms with E-state index in [0.29, 0.717) is 12.8 Å². The van der Waals surface area contributed by atoms with E-state index >= 15 is 0 Å². The molecule has 0 radical (unpaired) electrons. The molecule has 372 valence electrons. The maximum atomic E-state index is 13.0. The minimum absolute atomic E-state index is 0.173. The average molecular weight is 907 g/mol. The summed E-state index contributed by atoms with van der Waals surface area (Å²) in [5.74, 6) is -0.912. The van der Waals surface area contributed by atoms with Gasteiger partial charge in [-0.2, -0.15) is 0 Å². The smallest absolute Gasteiger partial charge is 0.306 e. The number of carbonyl (C=O) groups is 2.